The first-order valence-corrected chi connectivity index (χ1v) is 11.3. The van der Waals surface area contributed by atoms with E-state index in [9.17, 15) is 0 Å². The SMILES string of the molecule is Cc1ccc(-c2nn(-c3ccccc3)cc2CN(C)Cc2nnc(-c3ccccc3)o2)cc1C. The number of para-hydroxylation sites is 1. The van der Waals surface area contributed by atoms with E-state index in [2.05, 4.69) is 72.5 Å². The maximum absolute atomic E-state index is 5.91. The summed E-state index contributed by atoms with van der Waals surface area (Å²) in [5, 5.41) is 13.4. The fourth-order valence-electron chi connectivity index (χ4n) is 3.96. The third kappa shape index (κ3) is 4.67. The number of rotatable bonds is 7. The van der Waals surface area contributed by atoms with Crippen molar-refractivity contribution in [3.63, 3.8) is 0 Å². The minimum Gasteiger partial charge on any atom is -0.419 e. The molecule has 0 atom stereocenters. The van der Waals surface area contributed by atoms with Gasteiger partial charge < -0.3 is 4.42 Å². The molecule has 5 rings (SSSR count). The number of benzene rings is 3. The zero-order valence-electron chi connectivity index (χ0n) is 19.6. The Morgan fingerprint density at radius 2 is 1.53 bits per heavy atom. The summed E-state index contributed by atoms with van der Waals surface area (Å²) in [5.41, 5.74) is 7.72. The normalized spacial score (nSPS) is 11.3. The molecule has 0 aliphatic rings. The van der Waals surface area contributed by atoms with Gasteiger partial charge >= 0.3 is 0 Å². The smallest absolute Gasteiger partial charge is 0.247 e. The largest absolute Gasteiger partial charge is 0.419 e. The van der Waals surface area contributed by atoms with Crippen LogP contribution in [0.2, 0.25) is 0 Å². The molecule has 34 heavy (non-hydrogen) atoms. The average molecular weight is 450 g/mol. The lowest BCUT2D eigenvalue weighted by Gasteiger charge is -2.14. The van der Waals surface area contributed by atoms with Crippen molar-refractivity contribution in [3.8, 4) is 28.4 Å². The quantitative estimate of drug-likeness (QED) is 0.312. The molecule has 0 unspecified atom stereocenters. The van der Waals surface area contributed by atoms with Gasteiger partial charge in [0.15, 0.2) is 0 Å². The molecule has 0 saturated carbocycles. The van der Waals surface area contributed by atoms with Crippen LogP contribution in [0.5, 0.6) is 0 Å². The van der Waals surface area contributed by atoms with Crippen LogP contribution >= 0.6 is 0 Å². The summed E-state index contributed by atoms with van der Waals surface area (Å²) >= 11 is 0. The van der Waals surface area contributed by atoms with Gasteiger partial charge in [-0.3, -0.25) is 4.90 Å². The molecule has 2 heterocycles. The highest BCUT2D eigenvalue weighted by Crippen LogP contribution is 2.27. The van der Waals surface area contributed by atoms with E-state index in [1.807, 2.05) is 53.2 Å². The summed E-state index contributed by atoms with van der Waals surface area (Å²) in [6.07, 6.45) is 2.11. The van der Waals surface area contributed by atoms with E-state index in [0.29, 0.717) is 24.9 Å². The molecule has 0 radical (unpaired) electrons. The van der Waals surface area contributed by atoms with Gasteiger partial charge in [-0.1, -0.05) is 48.5 Å². The molecule has 0 saturated heterocycles. The van der Waals surface area contributed by atoms with Crippen LogP contribution in [0.1, 0.15) is 22.6 Å². The fraction of sp³-hybridized carbons (Fsp3) is 0.179. The summed E-state index contributed by atoms with van der Waals surface area (Å²) in [7, 11) is 2.05. The second kappa shape index (κ2) is 9.45. The second-order valence-electron chi connectivity index (χ2n) is 8.62. The first kappa shape index (κ1) is 21.8. The van der Waals surface area contributed by atoms with E-state index in [-0.39, 0.29) is 0 Å². The Kier molecular flexibility index (Phi) is 6.06. The van der Waals surface area contributed by atoms with E-state index in [1.165, 1.54) is 11.1 Å². The number of aromatic nitrogens is 4. The van der Waals surface area contributed by atoms with Gasteiger partial charge in [-0.2, -0.15) is 5.10 Å². The Labute approximate surface area is 199 Å². The molecule has 170 valence electrons. The molecule has 5 aromatic rings. The van der Waals surface area contributed by atoms with E-state index in [1.54, 1.807) is 0 Å². The average Bonchev–Trinajstić information content (AvgIpc) is 3.49. The predicted molar refractivity (Wildman–Crippen MR) is 133 cm³/mol. The lowest BCUT2D eigenvalue weighted by Crippen LogP contribution is -2.17. The number of aryl methyl sites for hydroxylation is 2. The zero-order chi connectivity index (χ0) is 23.5. The monoisotopic (exact) mass is 449 g/mol. The van der Waals surface area contributed by atoms with Crippen LogP contribution in [0.4, 0.5) is 0 Å². The number of nitrogens with zero attached hydrogens (tertiary/aromatic N) is 5. The molecule has 0 spiro atoms. The van der Waals surface area contributed by atoms with Gasteiger partial charge in [0.1, 0.15) is 0 Å². The van der Waals surface area contributed by atoms with Crippen molar-refractivity contribution in [2.45, 2.75) is 26.9 Å². The van der Waals surface area contributed by atoms with E-state index in [0.717, 1.165) is 28.1 Å². The Hall–Kier alpha value is -4.03. The number of hydrogen-bond acceptors (Lipinski definition) is 5. The molecule has 0 bridgehead atoms. The second-order valence-corrected chi connectivity index (χ2v) is 8.62. The van der Waals surface area contributed by atoms with Crippen LogP contribution in [-0.4, -0.2) is 31.9 Å². The third-order valence-corrected chi connectivity index (χ3v) is 5.92. The summed E-state index contributed by atoms with van der Waals surface area (Å²) in [4.78, 5) is 2.17. The minimum atomic E-state index is 0.539. The molecular weight excluding hydrogens is 422 g/mol. The van der Waals surface area contributed by atoms with Gasteiger partial charge in [-0.25, -0.2) is 4.68 Å². The van der Waals surface area contributed by atoms with Gasteiger partial charge in [0.05, 0.1) is 17.9 Å². The summed E-state index contributed by atoms with van der Waals surface area (Å²) in [6.45, 7) is 5.50. The van der Waals surface area contributed by atoms with Crippen LogP contribution in [0.3, 0.4) is 0 Å². The van der Waals surface area contributed by atoms with E-state index < -0.39 is 0 Å². The van der Waals surface area contributed by atoms with Crippen LogP contribution in [-0.2, 0) is 13.1 Å². The standard InChI is InChI=1S/C28H27N5O/c1-20-14-15-23(16-21(20)2)27-24(18-33(31-27)25-12-8-5-9-13-25)17-32(3)19-26-29-30-28(34-26)22-10-6-4-7-11-22/h4-16,18H,17,19H2,1-3H3. The Morgan fingerprint density at radius 1 is 0.794 bits per heavy atom. The fourth-order valence-corrected chi connectivity index (χ4v) is 3.96. The van der Waals surface area contributed by atoms with Gasteiger partial charge in [0, 0.05) is 29.4 Å². The zero-order valence-corrected chi connectivity index (χ0v) is 19.6. The highest BCUT2D eigenvalue weighted by Gasteiger charge is 2.17. The predicted octanol–water partition coefficient (Wildman–Crippen LogP) is 5.84. The maximum Gasteiger partial charge on any atom is 0.247 e. The van der Waals surface area contributed by atoms with Gasteiger partial charge in [-0.05, 0) is 62.4 Å². The first-order chi connectivity index (χ1) is 16.6. The Bertz CT molecular complexity index is 1390. The third-order valence-electron chi connectivity index (χ3n) is 5.92. The summed E-state index contributed by atoms with van der Waals surface area (Å²) in [6, 6.07) is 26.5. The van der Waals surface area contributed by atoms with Crippen molar-refractivity contribution in [2.24, 2.45) is 0 Å². The minimum absolute atomic E-state index is 0.539. The highest BCUT2D eigenvalue weighted by atomic mass is 16.4. The molecule has 0 N–H and O–H groups in total. The van der Waals surface area contributed by atoms with Crippen molar-refractivity contribution in [1.29, 1.82) is 0 Å². The molecule has 6 heteroatoms. The molecule has 0 aliphatic heterocycles. The Morgan fingerprint density at radius 3 is 2.26 bits per heavy atom. The lowest BCUT2D eigenvalue weighted by molar-refractivity contribution is 0.283. The molecular formula is C28H27N5O. The molecule has 0 aliphatic carbocycles. The van der Waals surface area contributed by atoms with Gasteiger partial charge in [0.25, 0.3) is 0 Å². The summed E-state index contributed by atoms with van der Waals surface area (Å²) < 4.78 is 7.86. The van der Waals surface area contributed by atoms with Crippen molar-refractivity contribution >= 4 is 0 Å². The number of hydrogen-bond donors (Lipinski definition) is 0. The maximum atomic E-state index is 5.91. The van der Waals surface area contributed by atoms with E-state index >= 15 is 0 Å². The van der Waals surface area contributed by atoms with Crippen LogP contribution in [0, 0.1) is 13.8 Å². The Balaban J connectivity index is 1.41. The summed E-state index contributed by atoms with van der Waals surface area (Å²) in [5.74, 6) is 1.13. The van der Waals surface area contributed by atoms with E-state index in [4.69, 9.17) is 9.52 Å². The molecule has 2 aromatic heterocycles. The van der Waals surface area contributed by atoms with Crippen LogP contribution in [0.25, 0.3) is 28.4 Å². The van der Waals surface area contributed by atoms with Gasteiger partial charge in [-0.15, -0.1) is 10.2 Å². The van der Waals surface area contributed by atoms with Crippen LogP contribution in [0.15, 0.2) is 89.5 Å². The van der Waals surface area contributed by atoms with Crippen molar-refractivity contribution in [3.05, 3.63) is 108 Å². The van der Waals surface area contributed by atoms with Crippen molar-refractivity contribution in [1.82, 2.24) is 24.9 Å². The molecule has 6 nitrogen and oxygen atoms in total. The van der Waals surface area contributed by atoms with Gasteiger partial charge in [0.2, 0.25) is 11.8 Å². The lowest BCUT2D eigenvalue weighted by atomic mass is 10.0. The topological polar surface area (TPSA) is 60.0 Å². The molecule has 3 aromatic carbocycles. The molecule has 0 fully saturated rings. The van der Waals surface area contributed by atoms with Crippen molar-refractivity contribution < 1.29 is 4.42 Å². The van der Waals surface area contributed by atoms with Crippen molar-refractivity contribution in [2.75, 3.05) is 7.05 Å². The highest BCUT2D eigenvalue weighted by molar-refractivity contribution is 5.65. The van der Waals surface area contributed by atoms with Crippen LogP contribution < -0.4 is 0 Å². The molecule has 0 amide bonds. The first-order valence-electron chi connectivity index (χ1n) is 11.3.